The lowest BCUT2D eigenvalue weighted by Crippen LogP contribution is -2.38. The van der Waals surface area contributed by atoms with E-state index in [0.29, 0.717) is 5.56 Å². The lowest BCUT2D eigenvalue weighted by atomic mass is 10.1. The van der Waals surface area contributed by atoms with Crippen LogP contribution < -0.4 is 16.0 Å². The zero-order valence-electron chi connectivity index (χ0n) is 13.5. The number of hydrogen-bond donors (Lipinski definition) is 3. The maximum absolute atomic E-state index is 11.6. The Kier molecular flexibility index (Phi) is 6.25. The number of aliphatic imine (C=N–C) groups is 1. The first-order chi connectivity index (χ1) is 10.7. The van der Waals surface area contributed by atoms with Crippen molar-refractivity contribution in [3.05, 3.63) is 35.4 Å². The molecule has 0 radical (unpaired) electrons. The van der Waals surface area contributed by atoms with Crippen LogP contribution in [0.5, 0.6) is 0 Å². The second-order valence-electron chi connectivity index (χ2n) is 5.62. The van der Waals surface area contributed by atoms with Crippen molar-refractivity contribution in [3.63, 3.8) is 0 Å². The summed E-state index contributed by atoms with van der Waals surface area (Å²) in [6.07, 6.45) is 3.49. The number of guanidine groups is 1. The van der Waals surface area contributed by atoms with Gasteiger partial charge >= 0.3 is 0 Å². The molecule has 0 unspecified atom stereocenters. The van der Waals surface area contributed by atoms with Gasteiger partial charge in [-0.3, -0.25) is 9.79 Å². The molecule has 0 aromatic heterocycles. The summed E-state index contributed by atoms with van der Waals surface area (Å²) in [5.74, 6) is 1.63. The van der Waals surface area contributed by atoms with Crippen LogP contribution in [0.4, 0.5) is 0 Å². The van der Waals surface area contributed by atoms with E-state index in [2.05, 4.69) is 27.9 Å². The number of hydrogen-bond acceptors (Lipinski definition) is 2. The summed E-state index contributed by atoms with van der Waals surface area (Å²) >= 11 is 0. The Balaban J connectivity index is 1.83. The van der Waals surface area contributed by atoms with Crippen LogP contribution >= 0.6 is 0 Å². The highest BCUT2D eigenvalue weighted by molar-refractivity contribution is 5.94. The van der Waals surface area contributed by atoms with Crippen molar-refractivity contribution < 1.29 is 4.79 Å². The second-order valence-corrected chi connectivity index (χ2v) is 5.62. The number of amides is 1. The summed E-state index contributed by atoms with van der Waals surface area (Å²) < 4.78 is 0. The highest BCUT2D eigenvalue weighted by atomic mass is 16.1. The normalized spacial score (nSPS) is 14.5. The molecule has 1 saturated carbocycles. The third-order valence-corrected chi connectivity index (χ3v) is 3.67. The van der Waals surface area contributed by atoms with Crippen molar-refractivity contribution in [2.24, 2.45) is 10.9 Å². The Morgan fingerprint density at radius 1 is 1.32 bits per heavy atom. The number of carbonyl (C=O) groups excluding carboxylic acids is 1. The fourth-order valence-corrected chi connectivity index (χ4v) is 2.20. The molecule has 1 aliphatic rings. The van der Waals surface area contributed by atoms with Gasteiger partial charge in [-0.05, 0) is 49.8 Å². The van der Waals surface area contributed by atoms with Crippen LogP contribution in [0.2, 0.25) is 0 Å². The van der Waals surface area contributed by atoms with Gasteiger partial charge in [-0.1, -0.05) is 12.1 Å². The van der Waals surface area contributed by atoms with Crippen LogP contribution in [0.1, 0.15) is 35.7 Å². The molecular weight excluding hydrogens is 276 g/mol. The molecular formula is C17H26N4O. The van der Waals surface area contributed by atoms with E-state index in [4.69, 9.17) is 0 Å². The summed E-state index contributed by atoms with van der Waals surface area (Å²) in [5.41, 5.74) is 1.85. The minimum absolute atomic E-state index is 0.0471. The number of nitrogens with zero attached hydrogens (tertiary/aromatic N) is 1. The number of benzene rings is 1. The van der Waals surface area contributed by atoms with E-state index in [9.17, 15) is 4.79 Å². The van der Waals surface area contributed by atoms with Crippen molar-refractivity contribution >= 4 is 11.9 Å². The molecule has 0 atom stereocenters. The van der Waals surface area contributed by atoms with Crippen LogP contribution in [0, 0.1) is 5.92 Å². The molecule has 0 bridgehead atoms. The molecule has 0 aliphatic heterocycles. The van der Waals surface area contributed by atoms with Gasteiger partial charge < -0.3 is 16.0 Å². The van der Waals surface area contributed by atoms with Gasteiger partial charge in [0.05, 0.1) is 0 Å². The molecule has 0 heterocycles. The molecule has 1 aromatic rings. The lowest BCUT2D eigenvalue weighted by Gasteiger charge is -2.11. The zero-order chi connectivity index (χ0) is 15.8. The van der Waals surface area contributed by atoms with Gasteiger partial charge in [0.2, 0.25) is 0 Å². The molecule has 1 amide bonds. The first-order valence-electron chi connectivity index (χ1n) is 8.06. The van der Waals surface area contributed by atoms with Crippen molar-refractivity contribution in [3.8, 4) is 0 Å². The Labute approximate surface area is 132 Å². The zero-order valence-corrected chi connectivity index (χ0v) is 13.5. The quantitative estimate of drug-likeness (QED) is 0.529. The van der Waals surface area contributed by atoms with E-state index in [1.165, 1.54) is 12.8 Å². The molecule has 3 N–H and O–H groups in total. The van der Waals surface area contributed by atoms with Gasteiger partial charge in [0.25, 0.3) is 5.91 Å². The Hall–Kier alpha value is -2.04. The summed E-state index contributed by atoms with van der Waals surface area (Å²) in [6.45, 7) is 4.65. The number of nitrogens with one attached hydrogen (secondary N) is 3. The van der Waals surface area contributed by atoms with Gasteiger partial charge in [0.1, 0.15) is 0 Å². The topological polar surface area (TPSA) is 65.5 Å². The molecule has 120 valence electrons. The largest absolute Gasteiger partial charge is 0.357 e. The second kappa shape index (κ2) is 8.41. The molecule has 5 heteroatoms. The van der Waals surface area contributed by atoms with Crippen LogP contribution in [-0.4, -0.2) is 38.5 Å². The Morgan fingerprint density at radius 3 is 2.82 bits per heavy atom. The predicted octanol–water partition coefficient (Wildman–Crippen LogP) is 1.55. The SMILES string of the molecule is CCNC(=NCC1CC1)NCCc1cccc(C(=O)NC)c1. The van der Waals surface area contributed by atoms with E-state index in [1.54, 1.807) is 7.05 Å². The fraction of sp³-hybridized carbons (Fsp3) is 0.529. The van der Waals surface area contributed by atoms with Crippen LogP contribution in [-0.2, 0) is 6.42 Å². The average molecular weight is 302 g/mol. The Bertz CT molecular complexity index is 523. The van der Waals surface area contributed by atoms with E-state index in [1.807, 2.05) is 24.3 Å². The van der Waals surface area contributed by atoms with Crippen LogP contribution in [0.15, 0.2) is 29.3 Å². The highest BCUT2D eigenvalue weighted by Crippen LogP contribution is 2.28. The maximum Gasteiger partial charge on any atom is 0.251 e. The van der Waals surface area contributed by atoms with Crippen molar-refractivity contribution in [1.82, 2.24) is 16.0 Å². The van der Waals surface area contributed by atoms with Crippen LogP contribution in [0.3, 0.4) is 0 Å². The standard InChI is InChI=1S/C17H26N4O/c1-3-19-17(21-12-14-7-8-14)20-10-9-13-5-4-6-15(11-13)16(22)18-2/h4-6,11,14H,3,7-10,12H2,1-2H3,(H,18,22)(H2,19,20,21). The number of rotatable bonds is 7. The molecule has 1 fully saturated rings. The van der Waals surface area contributed by atoms with E-state index in [0.717, 1.165) is 43.5 Å². The van der Waals surface area contributed by atoms with E-state index in [-0.39, 0.29) is 5.91 Å². The summed E-state index contributed by atoms with van der Waals surface area (Å²) in [5, 5.41) is 9.27. The van der Waals surface area contributed by atoms with E-state index >= 15 is 0 Å². The summed E-state index contributed by atoms with van der Waals surface area (Å²) in [6, 6.07) is 7.74. The number of carbonyl (C=O) groups is 1. The summed E-state index contributed by atoms with van der Waals surface area (Å²) in [4.78, 5) is 16.2. The van der Waals surface area contributed by atoms with Gasteiger partial charge in [-0.15, -0.1) is 0 Å². The molecule has 5 nitrogen and oxygen atoms in total. The Morgan fingerprint density at radius 2 is 2.14 bits per heavy atom. The molecule has 0 spiro atoms. The predicted molar refractivity (Wildman–Crippen MR) is 90.2 cm³/mol. The van der Waals surface area contributed by atoms with Crippen molar-refractivity contribution in [2.75, 3.05) is 26.7 Å². The minimum Gasteiger partial charge on any atom is -0.357 e. The molecule has 1 aromatic carbocycles. The van der Waals surface area contributed by atoms with Gasteiger partial charge in [0.15, 0.2) is 5.96 Å². The summed E-state index contributed by atoms with van der Waals surface area (Å²) in [7, 11) is 1.65. The van der Waals surface area contributed by atoms with Gasteiger partial charge in [-0.2, -0.15) is 0 Å². The first kappa shape index (κ1) is 16.3. The fourth-order valence-electron chi connectivity index (χ4n) is 2.20. The van der Waals surface area contributed by atoms with Crippen molar-refractivity contribution in [1.29, 1.82) is 0 Å². The third-order valence-electron chi connectivity index (χ3n) is 3.67. The molecule has 1 aliphatic carbocycles. The lowest BCUT2D eigenvalue weighted by molar-refractivity contribution is 0.0963. The molecule has 22 heavy (non-hydrogen) atoms. The van der Waals surface area contributed by atoms with E-state index < -0.39 is 0 Å². The molecule has 0 saturated heterocycles. The average Bonchev–Trinajstić information content (AvgIpc) is 3.36. The van der Waals surface area contributed by atoms with Crippen molar-refractivity contribution in [2.45, 2.75) is 26.2 Å². The van der Waals surface area contributed by atoms with Gasteiger partial charge in [0, 0.05) is 32.2 Å². The maximum atomic E-state index is 11.6. The minimum atomic E-state index is -0.0471. The highest BCUT2D eigenvalue weighted by Gasteiger charge is 2.20. The first-order valence-corrected chi connectivity index (χ1v) is 8.06. The third kappa shape index (κ3) is 5.39. The molecule has 2 rings (SSSR count). The van der Waals surface area contributed by atoms with Crippen LogP contribution in [0.25, 0.3) is 0 Å². The smallest absolute Gasteiger partial charge is 0.251 e. The monoisotopic (exact) mass is 302 g/mol. The van der Waals surface area contributed by atoms with Gasteiger partial charge in [-0.25, -0.2) is 0 Å².